The van der Waals surface area contributed by atoms with Gasteiger partial charge in [0.2, 0.25) is 0 Å². The van der Waals surface area contributed by atoms with Crippen molar-refractivity contribution in [3.63, 3.8) is 0 Å². The molecule has 0 unspecified atom stereocenters. The molecule has 0 atom stereocenters. The number of hydrogen-bond acceptors (Lipinski definition) is 8. The van der Waals surface area contributed by atoms with Crippen molar-refractivity contribution in [3.05, 3.63) is 95.1 Å². The van der Waals surface area contributed by atoms with Gasteiger partial charge in [-0.3, -0.25) is 0 Å². The van der Waals surface area contributed by atoms with Crippen molar-refractivity contribution < 1.29 is 39.6 Å². The average Bonchev–Trinajstić information content (AvgIpc) is 2.79. The molecule has 0 saturated heterocycles. The maximum absolute atomic E-state index is 10.6. The number of carbonyl (C=O) groups excluding carboxylic acids is 4. The van der Waals surface area contributed by atoms with E-state index in [1.54, 1.807) is 60.7 Å². The van der Waals surface area contributed by atoms with Crippen molar-refractivity contribution in [1.82, 2.24) is 0 Å². The van der Waals surface area contributed by atoms with Gasteiger partial charge in [-0.15, -0.1) is 0 Å². The molecule has 2 rings (SSSR count). The molecule has 0 bridgehead atoms. The summed E-state index contributed by atoms with van der Waals surface area (Å²) < 4.78 is 2.09. The predicted molar refractivity (Wildman–Crippen MR) is 132 cm³/mol. The molecule has 2 aromatic carbocycles. The second kappa shape index (κ2) is 18.8. The predicted octanol–water partition coefficient (Wildman–Crippen LogP) is -0.342. The molecule has 194 valence electrons. The summed E-state index contributed by atoms with van der Waals surface area (Å²) in [7, 11) is 0. The molecule has 2 aromatic rings. The van der Waals surface area contributed by atoms with E-state index in [1.807, 2.05) is 0 Å². The number of carboxylic acids is 4. The molecule has 37 heavy (non-hydrogen) atoms. The Hall–Kier alpha value is -3.40. The molecule has 0 saturated carbocycles. The number of aliphatic carboxylic acids is 4. The van der Waals surface area contributed by atoms with Crippen LogP contribution in [0.15, 0.2) is 84.0 Å². The fourth-order valence-corrected chi connectivity index (χ4v) is 6.75. The van der Waals surface area contributed by atoms with E-state index in [2.05, 4.69) is 27.7 Å². The zero-order chi connectivity index (χ0) is 28.4. The van der Waals surface area contributed by atoms with Crippen LogP contribution in [0.3, 0.4) is 0 Å². The first-order valence-electron chi connectivity index (χ1n) is 11.4. The van der Waals surface area contributed by atoms with E-state index in [-0.39, 0.29) is 45.1 Å². The minimum atomic E-state index is -1.54. The van der Waals surface area contributed by atoms with Gasteiger partial charge in [-0.1, -0.05) is 60.7 Å². The Labute approximate surface area is 227 Å². The van der Waals surface area contributed by atoms with Crippen LogP contribution in [0.25, 0.3) is 0 Å². The molecule has 0 aromatic heterocycles. The zero-order valence-corrected chi connectivity index (χ0v) is 24.1. The maximum atomic E-state index is 10.6. The Kier molecular flexibility index (Phi) is 17.1. The van der Waals surface area contributed by atoms with Gasteiger partial charge in [-0.05, 0) is 47.3 Å². The van der Waals surface area contributed by atoms with Gasteiger partial charge in [0.1, 0.15) is 0 Å². The summed E-state index contributed by atoms with van der Waals surface area (Å²) in [6, 6.07) is 17.3. The van der Waals surface area contributed by atoms with Gasteiger partial charge < -0.3 is 39.6 Å². The zero-order valence-electron chi connectivity index (χ0n) is 21.3. The number of benzene rings is 2. The largest absolute Gasteiger partial charge is 0.545 e. The quantitative estimate of drug-likeness (QED) is 0.260. The number of rotatable bonds is 10. The van der Waals surface area contributed by atoms with Crippen LogP contribution < -0.4 is 20.4 Å². The topological polar surface area (TPSA) is 161 Å². The van der Waals surface area contributed by atoms with Crippen molar-refractivity contribution in [3.8, 4) is 0 Å². The van der Waals surface area contributed by atoms with Crippen LogP contribution in [0.2, 0.25) is 7.87 Å². The smallest absolute Gasteiger partial charge is 0.0678 e. The molecule has 0 amide bonds. The van der Waals surface area contributed by atoms with Crippen molar-refractivity contribution in [2.24, 2.45) is 0 Å². The molecular weight excluding hydrogens is 583 g/mol. The van der Waals surface area contributed by atoms with Crippen LogP contribution >= 0.6 is 0 Å². The van der Waals surface area contributed by atoms with Gasteiger partial charge in [-0.25, -0.2) is 0 Å². The Morgan fingerprint density at radius 2 is 0.919 bits per heavy atom. The normalized spacial score (nSPS) is 11.1. The fourth-order valence-electron chi connectivity index (χ4n) is 2.95. The first-order chi connectivity index (χ1) is 17.3. The third-order valence-corrected chi connectivity index (χ3v) is 8.06. The maximum Gasteiger partial charge on any atom is 0.0678 e. The molecular formula is C28H30O8Sn. The van der Waals surface area contributed by atoms with Gasteiger partial charge >= 0.3 is 56.7 Å². The molecule has 0 aliphatic rings. The second-order valence-electron chi connectivity index (χ2n) is 8.35. The molecule has 0 N–H and O–H groups in total. The second-order valence-corrected chi connectivity index (χ2v) is 15.9. The molecule has 0 heterocycles. The summed E-state index contributed by atoms with van der Waals surface area (Å²) in [5, 5.41) is 41.6. The summed E-state index contributed by atoms with van der Waals surface area (Å²) in [5.41, 5.74) is 0.797. The van der Waals surface area contributed by atoms with E-state index >= 15 is 0 Å². The average molecular weight is 613 g/mol. The van der Waals surface area contributed by atoms with Gasteiger partial charge in [0.15, 0.2) is 0 Å². The third-order valence-electron chi connectivity index (χ3n) is 4.25. The molecule has 9 heteroatoms. The van der Waals surface area contributed by atoms with Crippen LogP contribution in [0, 0.1) is 0 Å². The Bertz CT molecular complexity index is 973. The fraction of sp³-hybridized carbons (Fsp3) is 0.286. The molecule has 0 aliphatic carbocycles. The summed E-state index contributed by atoms with van der Waals surface area (Å²) in [6.07, 6.45) is 1.11. The van der Waals surface area contributed by atoms with E-state index < -0.39 is 23.9 Å². The van der Waals surface area contributed by atoms with Gasteiger partial charge in [-0.2, -0.15) is 0 Å². The van der Waals surface area contributed by atoms with E-state index in [0.29, 0.717) is 23.3 Å². The Balaban J connectivity index is 0.000000563. The SMILES string of the molecule is C[CH](C)[Sn+4][CH](C)C.O=C([O-])/C=C(/Cc1ccccc1)C(=O)[O-].O=C([O-])/C=C(/Cc1ccccc1)C(=O)[O-]. The van der Waals surface area contributed by atoms with Crippen LogP contribution in [0.4, 0.5) is 0 Å². The minimum Gasteiger partial charge on any atom is -0.545 e. The van der Waals surface area contributed by atoms with Crippen LogP contribution in [0.1, 0.15) is 38.8 Å². The summed E-state index contributed by atoms with van der Waals surface area (Å²) in [4.78, 5) is 41.6. The van der Waals surface area contributed by atoms with E-state index in [0.717, 1.165) is 7.87 Å². The molecule has 6 radical (unpaired) electrons. The van der Waals surface area contributed by atoms with Crippen molar-refractivity contribution >= 4 is 45.0 Å². The van der Waals surface area contributed by atoms with Gasteiger partial charge in [0, 0.05) is 0 Å². The van der Waals surface area contributed by atoms with Crippen LogP contribution in [0.5, 0.6) is 0 Å². The third kappa shape index (κ3) is 18.5. The van der Waals surface area contributed by atoms with Crippen molar-refractivity contribution in [2.45, 2.75) is 48.4 Å². The number of carboxylic acid groups (broad SMARTS) is 4. The summed E-state index contributed by atoms with van der Waals surface area (Å²) >= 11 is 0.0389. The first kappa shape index (κ1) is 33.6. The minimum absolute atomic E-state index is 0.0111. The molecule has 0 aliphatic heterocycles. The Morgan fingerprint density at radius 3 is 1.11 bits per heavy atom. The van der Waals surface area contributed by atoms with Crippen LogP contribution in [-0.4, -0.2) is 45.0 Å². The number of hydrogen-bond donors (Lipinski definition) is 0. The van der Waals surface area contributed by atoms with Gasteiger partial charge in [0.25, 0.3) is 0 Å². The molecule has 0 spiro atoms. The Morgan fingerprint density at radius 1 is 0.622 bits per heavy atom. The first-order valence-corrected chi connectivity index (χ1v) is 14.7. The van der Waals surface area contributed by atoms with Crippen molar-refractivity contribution in [2.75, 3.05) is 0 Å². The van der Waals surface area contributed by atoms with E-state index in [4.69, 9.17) is 0 Å². The standard InChI is InChI=1S/2C11H10O4.2C3H7.Sn/c2*12-10(13)7-9(11(14)15)6-8-4-2-1-3-5-8;2*1-3-2;/h2*1-5,7H,6H2,(H,12,13)(H,14,15);2*3H,1-2H3;/q;;;;+4/p-4/b2*9-7-;;;. The van der Waals surface area contributed by atoms with Gasteiger partial charge in [0.05, 0.1) is 23.9 Å². The molecule has 0 fully saturated rings. The molecule has 8 nitrogen and oxygen atoms in total. The summed E-state index contributed by atoms with van der Waals surface area (Å²) in [5.74, 6) is -6.07. The van der Waals surface area contributed by atoms with Crippen LogP contribution in [-0.2, 0) is 32.0 Å². The summed E-state index contributed by atoms with van der Waals surface area (Å²) in [6.45, 7) is 9.36. The van der Waals surface area contributed by atoms with Crippen molar-refractivity contribution in [1.29, 1.82) is 0 Å². The monoisotopic (exact) mass is 614 g/mol. The van der Waals surface area contributed by atoms with E-state index in [1.165, 1.54) is 0 Å². The number of carbonyl (C=O) groups is 4. The van der Waals surface area contributed by atoms with E-state index in [9.17, 15) is 39.6 Å².